The van der Waals surface area contributed by atoms with Crippen LogP contribution in [0.3, 0.4) is 0 Å². The zero-order valence-corrected chi connectivity index (χ0v) is 12.9. The number of nitrogens with one attached hydrogen (secondary N) is 1. The van der Waals surface area contributed by atoms with Crippen LogP contribution in [-0.4, -0.2) is 45.5 Å². The van der Waals surface area contributed by atoms with Crippen LogP contribution < -0.4 is 5.43 Å². The predicted molar refractivity (Wildman–Crippen MR) is 88.4 cm³/mol. The van der Waals surface area contributed by atoms with Crippen LogP contribution in [0.5, 0.6) is 0 Å². The number of likely N-dealkylation sites (tertiary alicyclic amines) is 1. The van der Waals surface area contributed by atoms with Crippen LogP contribution in [0.15, 0.2) is 42.0 Å². The van der Waals surface area contributed by atoms with E-state index in [-0.39, 0.29) is 0 Å². The minimum absolute atomic E-state index is 0.731. The molecule has 1 N–H and O–H groups in total. The lowest BCUT2D eigenvalue weighted by atomic mass is 10.1. The van der Waals surface area contributed by atoms with Gasteiger partial charge in [-0.1, -0.05) is 0 Å². The van der Waals surface area contributed by atoms with Gasteiger partial charge in [0, 0.05) is 17.9 Å². The van der Waals surface area contributed by atoms with E-state index >= 15 is 0 Å². The van der Waals surface area contributed by atoms with Gasteiger partial charge in [-0.05, 0) is 63.5 Å². The van der Waals surface area contributed by atoms with E-state index in [1.165, 1.54) is 25.8 Å². The van der Waals surface area contributed by atoms with Crippen LogP contribution in [0.4, 0.5) is 5.69 Å². The average molecular weight is 298 g/mol. The Labute approximate surface area is 130 Å². The fraction of sp³-hybridized carbons (Fsp3) is 0.438. The molecule has 116 valence electrons. The molecule has 1 atom stereocenters. The van der Waals surface area contributed by atoms with E-state index in [0.29, 0.717) is 0 Å². The van der Waals surface area contributed by atoms with Gasteiger partial charge in [0.2, 0.25) is 0 Å². The van der Waals surface area contributed by atoms with E-state index in [0.717, 1.165) is 23.8 Å². The minimum atomic E-state index is 0.731. The molecule has 0 saturated carbocycles. The van der Waals surface area contributed by atoms with E-state index in [2.05, 4.69) is 32.7 Å². The Morgan fingerprint density at radius 3 is 2.73 bits per heavy atom. The molecule has 22 heavy (non-hydrogen) atoms. The summed E-state index contributed by atoms with van der Waals surface area (Å²) in [5.41, 5.74) is 5.08. The Morgan fingerprint density at radius 2 is 2.05 bits per heavy atom. The quantitative estimate of drug-likeness (QED) is 0.657. The van der Waals surface area contributed by atoms with Gasteiger partial charge in [0.1, 0.15) is 12.7 Å². The molecule has 1 aliphatic rings. The van der Waals surface area contributed by atoms with Crippen molar-refractivity contribution in [2.75, 3.05) is 19.0 Å². The highest BCUT2D eigenvalue weighted by Crippen LogP contribution is 2.18. The molecule has 1 fully saturated rings. The monoisotopic (exact) mass is 298 g/mol. The molecule has 2 aromatic rings. The third kappa shape index (κ3) is 3.71. The average Bonchev–Trinajstić information content (AvgIpc) is 3.20. The van der Waals surface area contributed by atoms with E-state index in [1.54, 1.807) is 12.7 Å². The third-order valence-electron chi connectivity index (χ3n) is 4.17. The van der Waals surface area contributed by atoms with E-state index in [4.69, 9.17) is 0 Å². The molecule has 0 bridgehead atoms. The van der Waals surface area contributed by atoms with Gasteiger partial charge in [0.15, 0.2) is 0 Å². The predicted octanol–water partition coefficient (Wildman–Crippen LogP) is 2.54. The second kappa shape index (κ2) is 7.17. The van der Waals surface area contributed by atoms with Gasteiger partial charge in [0.25, 0.3) is 0 Å². The van der Waals surface area contributed by atoms with Crippen molar-refractivity contribution in [2.45, 2.75) is 31.7 Å². The molecule has 1 saturated heterocycles. The Balaban J connectivity index is 1.44. The maximum Gasteiger partial charge on any atom is 0.123 e. The highest BCUT2D eigenvalue weighted by molar-refractivity contribution is 5.59. The van der Waals surface area contributed by atoms with Gasteiger partial charge in [-0.2, -0.15) is 5.10 Å². The van der Waals surface area contributed by atoms with Crippen molar-refractivity contribution in [1.29, 1.82) is 0 Å². The number of hydrazone groups is 1. The molecule has 0 spiro atoms. The lowest BCUT2D eigenvalue weighted by Gasteiger charge is -2.17. The molecule has 0 amide bonds. The molecule has 2 heterocycles. The summed E-state index contributed by atoms with van der Waals surface area (Å²) in [6, 6.07) is 8.74. The summed E-state index contributed by atoms with van der Waals surface area (Å²) in [6.07, 6.45) is 10.2. The summed E-state index contributed by atoms with van der Waals surface area (Å²) in [5.74, 6) is 0. The topological polar surface area (TPSA) is 58.3 Å². The summed E-state index contributed by atoms with van der Waals surface area (Å²) in [6.45, 7) is 1.23. The Bertz CT molecular complexity index is 590. The molecular weight excluding hydrogens is 276 g/mol. The number of anilines is 1. The molecule has 1 aromatic heterocycles. The third-order valence-corrected chi connectivity index (χ3v) is 4.17. The maximum absolute atomic E-state index is 4.30. The first-order valence-electron chi connectivity index (χ1n) is 7.76. The second-order valence-electron chi connectivity index (χ2n) is 5.69. The van der Waals surface area contributed by atoms with E-state index in [1.807, 2.05) is 35.0 Å². The zero-order chi connectivity index (χ0) is 15.2. The lowest BCUT2D eigenvalue weighted by Crippen LogP contribution is -2.24. The maximum atomic E-state index is 4.30. The smallest absolute Gasteiger partial charge is 0.123 e. The van der Waals surface area contributed by atoms with Crippen molar-refractivity contribution in [3.05, 3.63) is 36.9 Å². The van der Waals surface area contributed by atoms with Crippen LogP contribution in [-0.2, 0) is 0 Å². The molecule has 0 aliphatic carbocycles. The molecule has 3 rings (SSSR count). The Kier molecular flexibility index (Phi) is 4.80. The first-order chi connectivity index (χ1) is 10.8. The van der Waals surface area contributed by atoms with Crippen molar-refractivity contribution in [3.8, 4) is 5.69 Å². The molecule has 0 unspecified atom stereocenters. The number of rotatable bonds is 6. The number of nitrogens with zero attached hydrogens (tertiary/aromatic N) is 5. The molecular formula is C16H22N6. The summed E-state index contributed by atoms with van der Waals surface area (Å²) < 4.78 is 1.87. The van der Waals surface area contributed by atoms with Gasteiger partial charge >= 0.3 is 0 Å². The fourth-order valence-electron chi connectivity index (χ4n) is 2.84. The van der Waals surface area contributed by atoms with Crippen molar-refractivity contribution >= 4 is 11.9 Å². The highest BCUT2D eigenvalue weighted by atomic mass is 15.3. The van der Waals surface area contributed by atoms with E-state index in [9.17, 15) is 0 Å². The summed E-state index contributed by atoms with van der Waals surface area (Å²) in [5, 5.41) is 11.9. The van der Waals surface area contributed by atoms with Crippen LogP contribution >= 0.6 is 0 Å². The number of benzene rings is 1. The van der Waals surface area contributed by atoms with Crippen molar-refractivity contribution in [3.63, 3.8) is 0 Å². The summed E-state index contributed by atoms with van der Waals surface area (Å²) in [4.78, 5) is 2.45. The van der Waals surface area contributed by atoms with Crippen LogP contribution in [0.25, 0.3) is 5.69 Å². The Hall–Kier alpha value is -2.21. The fourth-order valence-corrected chi connectivity index (χ4v) is 2.84. The molecule has 6 nitrogen and oxygen atoms in total. The van der Waals surface area contributed by atoms with Crippen molar-refractivity contribution in [2.24, 2.45) is 5.10 Å². The van der Waals surface area contributed by atoms with Crippen LogP contribution in [0.1, 0.15) is 25.7 Å². The normalized spacial score (nSPS) is 19.0. The zero-order valence-electron chi connectivity index (χ0n) is 12.9. The van der Waals surface area contributed by atoms with Crippen LogP contribution in [0, 0.1) is 0 Å². The Morgan fingerprint density at radius 1 is 1.27 bits per heavy atom. The van der Waals surface area contributed by atoms with Gasteiger partial charge in [0.05, 0.1) is 5.69 Å². The molecule has 1 aliphatic heterocycles. The minimum Gasteiger partial charge on any atom is -0.303 e. The second-order valence-corrected chi connectivity index (χ2v) is 5.69. The first kappa shape index (κ1) is 14.7. The summed E-state index contributed by atoms with van der Waals surface area (Å²) >= 11 is 0. The van der Waals surface area contributed by atoms with E-state index < -0.39 is 0 Å². The summed E-state index contributed by atoms with van der Waals surface area (Å²) in [7, 11) is 2.21. The van der Waals surface area contributed by atoms with Gasteiger partial charge in [-0.25, -0.2) is 0 Å². The lowest BCUT2D eigenvalue weighted by molar-refractivity contribution is 0.300. The molecule has 0 radical (unpaired) electrons. The van der Waals surface area contributed by atoms with Crippen molar-refractivity contribution < 1.29 is 0 Å². The largest absolute Gasteiger partial charge is 0.303 e. The SMILES string of the molecule is CN1CCC[C@H]1CC/C=N/Nc1ccc(-n2cnnc2)cc1. The number of hydrogen-bond acceptors (Lipinski definition) is 5. The number of hydrogen-bond donors (Lipinski definition) is 1. The van der Waals surface area contributed by atoms with Gasteiger partial charge in [-0.3, -0.25) is 9.99 Å². The molecule has 1 aromatic carbocycles. The first-order valence-corrected chi connectivity index (χ1v) is 7.76. The standard InChI is InChI=1S/C16H22N6/c1-21-11-3-5-15(21)4-2-10-17-20-14-6-8-16(9-7-14)22-12-18-19-13-22/h6-10,12-13,15,20H,2-5,11H2,1H3/b17-10+/t15-/m1/s1. The number of aromatic nitrogens is 3. The van der Waals surface area contributed by atoms with Crippen LogP contribution in [0.2, 0.25) is 0 Å². The molecule has 6 heteroatoms. The van der Waals surface area contributed by atoms with Crippen molar-refractivity contribution in [1.82, 2.24) is 19.7 Å². The van der Waals surface area contributed by atoms with Gasteiger partial charge < -0.3 is 4.90 Å². The highest BCUT2D eigenvalue weighted by Gasteiger charge is 2.19. The van der Waals surface area contributed by atoms with Gasteiger partial charge in [-0.15, -0.1) is 10.2 Å².